The lowest BCUT2D eigenvalue weighted by Gasteiger charge is -2.30. The van der Waals surface area contributed by atoms with Gasteiger partial charge < -0.3 is 19.1 Å². The molecule has 0 saturated carbocycles. The molecule has 1 saturated heterocycles. The van der Waals surface area contributed by atoms with Crippen LogP contribution in [0.15, 0.2) is 46.1 Å². The number of H-pyrrole nitrogens is 1. The van der Waals surface area contributed by atoms with Crippen LogP contribution in [0.4, 0.5) is 8.78 Å². The molecule has 0 aliphatic carbocycles. The zero-order chi connectivity index (χ0) is 29.1. The zero-order valence-electron chi connectivity index (χ0n) is 21.4. The molecule has 16 heteroatoms. The Hall–Kier alpha value is -2.61. The highest BCUT2D eigenvalue weighted by Crippen LogP contribution is 2.50. The highest BCUT2D eigenvalue weighted by atomic mass is 35.5. The zero-order valence-corrected chi connectivity index (χ0v) is 23.0. The number of aromatic amines is 1. The molecule has 3 N–H and O–H groups in total. The molecule has 0 spiro atoms. The van der Waals surface area contributed by atoms with Crippen LogP contribution in [-0.4, -0.2) is 62.6 Å². The number of halogens is 3. The molecule has 2 unspecified atom stereocenters. The van der Waals surface area contributed by atoms with Gasteiger partial charge in [-0.05, 0) is 39.8 Å². The topological polar surface area (TPSA) is 158 Å². The molecule has 12 nitrogen and oxygen atoms in total. The smallest absolute Gasteiger partial charge is 0.459 e. The number of alkyl halides is 2. The van der Waals surface area contributed by atoms with Crippen LogP contribution < -0.4 is 20.9 Å². The molecule has 1 aliphatic heterocycles. The predicted octanol–water partition coefficient (Wildman–Crippen LogP) is 2.40. The summed E-state index contributed by atoms with van der Waals surface area (Å²) in [6.45, 7) is 4.45. The van der Waals surface area contributed by atoms with Crippen molar-refractivity contribution in [2.45, 2.75) is 69.3 Å². The molecule has 39 heavy (non-hydrogen) atoms. The molecule has 216 valence electrons. The molecule has 1 fully saturated rings. The average Bonchev–Trinajstić information content (AvgIpc) is 3.12. The maximum Gasteiger partial charge on any atom is 0.459 e. The van der Waals surface area contributed by atoms with Gasteiger partial charge in [-0.1, -0.05) is 18.2 Å². The minimum atomic E-state index is -4.45. The molecule has 0 bridgehead atoms. The van der Waals surface area contributed by atoms with Crippen molar-refractivity contribution in [3.63, 3.8) is 0 Å². The van der Waals surface area contributed by atoms with Crippen LogP contribution in [0.25, 0.3) is 0 Å². The van der Waals surface area contributed by atoms with E-state index in [1.807, 2.05) is 0 Å². The van der Waals surface area contributed by atoms with E-state index in [-0.39, 0.29) is 5.75 Å². The first-order valence-corrected chi connectivity index (χ1v) is 13.7. The van der Waals surface area contributed by atoms with Crippen LogP contribution in [0, 0.1) is 5.82 Å². The summed E-state index contributed by atoms with van der Waals surface area (Å²) in [5.74, 6) is -2.04. The van der Waals surface area contributed by atoms with E-state index in [0.717, 1.165) is 0 Å². The van der Waals surface area contributed by atoms with Crippen molar-refractivity contribution >= 4 is 25.3 Å². The Kier molecular flexibility index (Phi) is 9.73. The van der Waals surface area contributed by atoms with Gasteiger partial charge in [-0.3, -0.25) is 23.7 Å². The molecule has 1 aromatic carbocycles. The van der Waals surface area contributed by atoms with Gasteiger partial charge in [0.05, 0.1) is 18.4 Å². The van der Waals surface area contributed by atoms with Crippen LogP contribution in [0.2, 0.25) is 0 Å². The normalized spacial score (nSPS) is 26.1. The van der Waals surface area contributed by atoms with Crippen molar-refractivity contribution in [3.8, 4) is 5.75 Å². The van der Waals surface area contributed by atoms with E-state index in [9.17, 15) is 32.8 Å². The predicted molar refractivity (Wildman–Crippen MR) is 135 cm³/mol. The first-order valence-electron chi connectivity index (χ1n) is 11.8. The summed E-state index contributed by atoms with van der Waals surface area (Å²) in [6.07, 6.45) is -6.62. The number of nitrogens with one attached hydrogen (secondary N) is 2. The number of hydrogen-bond acceptors (Lipinski definition) is 9. The number of aliphatic hydroxyl groups excluding tert-OH is 1. The highest BCUT2D eigenvalue weighted by molar-refractivity contribution is 7.52. The van der Waals surface area contributed by atoms with Crippen molar-refractivity contribution in [3.05, 3.63) is 63.2 Å². The second kappa shape index (κ2) is 12.3. The Morgan fingerprint density at radius 1 is 1.28 bits per heavy atom. The third kappa shape index (κ3) is 6.94. The number of hydrogen-bond donors (Lipinski definition) is 3. The first kappa shape index (κ1) is 30.9. The van der Waals surface area contributed by atoms with E-state index in [1.54, 1.807) is 37.0 Å². The van der Waals surface area contributed by atoms with Gasteiger partial charge in [-0.2, -0.15) is 9.48 Å². The van der Waals surface area contributed by atoms with Crippen LogP contribution >= 0.6 is 19.3 Å². The number of aliphatic hydroxyl groups is 1. The molecule has 0 radical (unpaired) electrons. The van der Waals surface area contributed by atoms with E-state index in [4.69, 9.17) is 30.1 Å². The molecule has 3 rings (SSSR count). The quantitative estimate of drug-likeness (QED) is 0.200. The number of carbonyl (C=O) groups excluding carboxylic acids is 1. The molecule has 2 aromatic rings. The van der Waals surface area contributed by atoms with E-state index in [1.165, 1.54) is 26.0 Å². The Bertz CT molecular complexity index is 1330. The standard InChI is InChI=1S/C23H29ClF2N3O9P/c1-12(2)35-20(32)13(3)28-39(34,38-15-8-6-5-7-9-15)37-14(4)17-18(30)23(24,11-25)21(36-17)29-10-16(26)19(31)27-22(29)33/h5-10,12-14,17-18,21,30H,11H2,1-4H3,(H,28,34)(H,27,31,33)/t13-,14-,17+,18?,21+,23+,39?/m0/s1. The lowest BCUT2D eigenvalue weighted by molar-refractivity contribution is -0.149. The number of aromatic nitrogens is 2. The number of esters is 1. The minimum Gasteiger partial charge on any atom is -0.462 e. The van der Waals surface area contributed by atoms with Crippen LogP contribution in [-0.2, 0) is 23.4 Å². The second-order valence-corrected chi connectivity index (χ2v) is 11.5. The monoisotopic (exact) mass is 595 g/mol. The highest BCUT2D eigenvalue weighted by Gasteiger charge is 2.59. The number of nitrogens with zero attached hydrogens (tertiary/aromatic N) is 1. The Morgan fingerprint density at radius 2 is 1.92 bits per heavy atom. The number of carbonyl (C=O) groups is 1. The summed E-state index contributed by atoms with van der Waals surface area (Å²) in [5, 5.41) is 13.4. The fraction of sp³-hybridized carbons (Fsp3) is 0.522. The van der Waals surface area contributed by atoms with Crippen LogP contribution in [0.3, 0.4) is 0 Å². The molecular formula is C23H29ClF2N3O9P. The molecule has 7 atom stereocenters. The third-order valence-corrected chi connectivity index (χ3v) is 7.95. The number of benzene rings is 1. The van der Waals surface area contributed by atoms with Gasteiger partial charge in [0, 0.05) is 0 Å². The lowest BCUT2D eigenvalue weighted by Crippen LogP contribution is -2.48. The maximum absolute atomic E-state index is 14.2. The van der Waals surface area contributed by atoms with Gasteiger partial charge in [-0.15, -0.1) is 11.6 Å². The summed E-state index contributed by atoms with van der Waals surface area (Å²) in [7, 11) is -4.45. The summed E-state index contributed by atoms with van der Waals surface area (Å²) in [6, 6.07) is 6.63. The maximum atomic E-state index is 14.2. The van der Waals surface area contributed by atoms with Crippen molar-refractivity contribution in [1.29, 1.82) is 0 Å². The fourth-order valence-corrected chi connectivity index (χ4v) is 5.78. The van der Waals surface area contributed by atoms with Gasteiger partial charge in [-0.25, -0.2) is 13.8 Å². The van der Waals surface area contributed by atoms with E-state index in [2.05, 4.69) is 5.09 Å². The van der Waals surface area contributed by atoms with E-state index in [0.29, 0.717) is 10.8 Å². The Morgan fingerprint density at radius 3 is 2.51 bits per heavy atom. The molecule has 2 heterocycles. The summed E-state index contributed by atoms with van der Waals surface area (Å²) >= 11 is 6.33. The van der Waals surface area contributed by atoms with Crippen molar-refractivity contribution in [1.82, 2.24) is 14.6 Å². The van der Waals surface area contributed by atoms with Crippen molar-refractivity contribution in [2.75, 3.05) is 6.67 Å². The van der Waals surface area contributed by atoms with Gasteiger partial charge in [0.15, 0.2) is 6.23 Å². The lowest BCUT2D eigenvalue weighted by atomic mass is 9.97. The van der Waals surface area contributed by atoms with Crippen molar-refractivity contribution < 1.29 is 41.8 Å². The summed E-state index contributed by atoms with van der Waals surface area (Å²) < 4.78 is 64.4. The SMILES string of the molecule is CC(C)OC(=O)[C@H](C)NP(=O)(Oc1ccccc1)O[C@@H](C)[C@H]1O[C@@H](n2cc(F)c(=O)[nH]c2=O)[C@@](Cl)(CF)C1O. The van der Waals surface area contributed by atoms with Gasteiger partial charge in [0.25, 0.3) is 5.56 Å². The molecule has 1 aliphatic rings. The van der Waals surface area contributed by atoms with Gasteiger partial charge in [0.2, 0.25) is 5.82 Å². The average molecular weight is 596 g/mol. The first-order chi connectivity index (χ1) is 18.2. The van der Waals surface area contributed by atoms with Gasteiger partial charge >= 0.3 is 19.4 Å². The minimum absolute atomic E-state index is 0.0986. The van der Waals surface area contributed by atoms with Crippen LogP contribution in [0.5, 0.6) is 5.75 Å². The second-order valence-electron chi connectivity index (χ2n) is 9.15. The number of para-hydroxylation sites is 1. The van der Waals surface area contributed by atoms with E-state index >= 15 is 0 Å². The van der Waals surface area contributed by atoms with E-state index < -0.39 is 79.0 Å². The molecule has 1 aromatic heterocycles. The fourth-order valence-electron chi connectivity index (χ4n) is 3.80. The van der Waals surface area contributed by atoms with Crippen LogP contribution in [0.1, 0.15) is 33.9 Å². The summed E-state index contributed by atoms with van der Waals surface area (Å²) in [5.41, 5.74) is -2.50. The Labute approximate surface area is 226 Å². The number of ether oxygens (including phenoxy) is 2. The molecular weight excluding hydrogens is 567 g/mol. The Balaban J connectivity index is 1.91. The largest absolute Gasteiger partial charge is 0.462 e. The van der Waals surface area contributed by atoms with Crippen molar-refractivity contribution in [2.24, 2.45) is 0 Å². The third-order valence-electron chi connectivity index (χ3n) is 5.67. The molecule has 0 amide bonds. The summed E-state index contributed by atoms with van der Waals surface area (Å²) in [4.78, 5) is 35.5. The number of rotatable bonds is 11. The van der Waals surface area contributed by atoms with Gasteiger partial charge in [0.1, 0.15) is 35.5 Å².